The van der Waals surface area contributed by atoms with Gasteiger partial charge < -0.3 is 4.57 Å². The maximum atomic E-state index is 12.9. The van der Waals surface area contributed by atoms with E-state index in [0.717, 1.165) is 28.1 Å². The maximum Gasteiger partial charge on any atom is 0.279 e. The molecular weight excluding hydrogens is 474 g/mol. The highest BCUT2D eigenvalue weighted by atomic mass is 32.2. The number of aryl methyl sites for hydroxylation is 2. The molecule has 0 saturated carbocycles. The number of nitrogens with zero attached hydrogens (tertiary/aromatic N) is 2. The van der Waals surface area contributed by atoms with Gasteiger partial charge in [-0.1, -0.05) is 35.6 Å². The summed E-state index contributed by atoms with van der Waals surface area (Å²) in [6.45, 7) is 2.80. The predicted octanol–water partition coefficient (Wildman–Crippen LogP) is 4.92. The molecule has 1 amide bonds. The van der Waals surface area contributed by atoms with Crippen molar-refractivity contribution in [2.75, 3.05) is 16.7 Å². The summed E-state index contributed by atoms with van der Waals surface area (Å²) in [5.74, 6) is 0.547. The van der Waals surface area contributed by atoms with E-state index in [1.54, 1.807) is 54.2 Å². The van der Waals surface area contributed by atoms with E-state index in [0.29, 0.717) is 16.1 Å². The lowest BCUT2D eigenvalue weighted by Crippen LogP contribution is -2.18. The Kier molecular flexibility index (Phi) is 7.02. The highest BCUT2D eigenvalue weighted by molar-refractivity contribution is 7.98. The fraction of sp³-hybridized carbons (Fsp3) is 0.167. The van der Waals surface area contributed by atoms with Gasteiger partial charge in [-0.3, -0.25) is 9.52 Å². The maximum absolute atomic E-state index is 12.9. The smallest absolute Gasteiger partial charge is 0.279 e. The molecule has 4 aromatic rings. The molecule has 0 bridgehead atoms. The van der Waals surface area contributed by atoms with Crippen LogP contribution < -0.4 is 9.52 Å². The summed E-state index contributed by atoms with van der Waals surface area (Å²) >= 11 is 3.24. The SMILES string of the molecule is CSCCn1c(=NC(=O)c2ccc(NS(=O)(=O)c3ccccc3)cc2)sc2cc(C)ccc21. The number of aromatic nitrogens is 1. The highest BCUT2D eigenvalue weighted by Gasteiger charge is 2.14. The summed E-state index contributed by atoms with van der Waals surface area (Å²) in [6, 6.07) is 20.7. The average molecular weight is 498 g/mol. The third-order valence-electron chi connectivity index (χ3n) is 4.99. The van der Waals surface area contributed by atoms with Crippen molar-refractivity contribution < 1.29 is 13.2 Å². The van der Waals surface area contributed by atoms with Crippen molar-refractivity contribution in [3.8, 4) is 0 Å². The van der Waals surface area contributed by atoms with Crippen LogP contribution in [0.15, 0.2) is 82.7 Å². The minimum Gasteiger partial charge on any atom is -0.316 e. The van der Waals surface area contributed by atoms with E-state index in [1.807, 2.05) is 6.92 Å². The first kappa shape index (κ1) is 23.3. The van der Waals surface area contributed by atoms with E-state index in [1.165, 1.54) is 23.5 Å². The number of carbonyl (C=O) groups excluding carboxylic acids is 1. The second kappa shape index (κ2) is 9.94. The van der Waals surface area contributed by atoms with Gasteiger partial charge in [0.1, 0.15) is 0 Å². The largest absolute Gasteiger partial charge is 0.316 e. The third kappa shape index (κ3) is 5.38. The number of rotatable bonds is 7. The molecule has 0 atom stereocenters. The molecular formula is C24H23N3O3S3. The number of hydrogen-bond donors (Lipinski definition) is 1. The fourth-order valence-electron chi connectivity index (χ4n) is 3.31. The van der Waals surface area contributed by atoms with Crippen LogP contribution in [0.1, 0.15) is 15.9 Å². The first-order chi connectivity index (χ1) is 15.9. The van der Waals surface area contributed by atoms with Crippen LogP contribution in [0.2, 0.25) is 0 Å². The molecule has 0 fully saturated rings. The van der Waals surface area contributed by atoms with E-state index in [-0.39, 0.29) is 10.8 Å². The van der Waals surface area contributed by atoms with E-state index in [4.69, 9.17) is 0 Å². The summed E-state index contributed by atoms with van der Waals surface area (Å²) in [5.41, 5.74) is 2.99. The summed E-state index contributed by atoms with van der Waals surface area (Å²) in [7, 11) is -3.69. The molecule has 4 rings (SSSR count). The Morgan fingerprint density at radius 3 is 2.48 bits per heavy atom. The minimum absolute atomic E-state index is 0.176. The van der Waals surface area contributed by atoms with Crippen LogP contribution in [0.25, 0.3) is 10.2 Å². The van der Waals surface area contributed by atoms with Crippen molar-refractivity contribution in [1.29, 1.82) is 0 Å². The molecule has 3 aromatic carbocycles. The van der Waals surface area contributed by atoms with Crippen LogP contribution in [0, 0.1) is 6.92 Å². The number of nitrogens with one attached hydrogen (secondary N) is 1. The van der Waals surface area contributed by atoms with E-state index >= 15 is 0 Å². The average Bonchev–Trinajstić information content (AvgIpc) is 3.14. The number of sulfonamides is 1. The standard InChI is InChI=1S/C24H23N3O3S3/c1-17-8-13-21-22(16-17)32-24(27(21)14-15-31-2)25-23(28)18-9-11-19(12-10-18)26-33(29,30)20-6-4-3-5-7-20/h3-13,16,26H,14-15H2,1-2H3. The number of anilines is 1. The molecule has 1 N–H and O–H groups in total. The van der Waals surface area contributed by atoms with Crippen LogP contribution in [0.5, 0.6) is 0 Å². The minimum atomic E-state index is -3.69. The van der Waals surface area contributed by atoms with Gasteiger partial charge in [0.2, 0.25) is 0 Å². The van der Waals surface area contributed by atoms with E-state index < -0.39 is 10.0 Å². The lowest BCUT2D eigenvalue weighted by atomic mass is 10.2. The van der Waals surface area contributed by atoms with Gasteiger partial charge in [-0.15, -0.1) is 0 Å². The van der Waals surface area contributed by atoms with Gasteiger partial charge in [0.05, 0.1) is 15.1 Å². The molecule has 1 heterocycles. The molecule has 0 unspecified atom stereocenters. The summed E-state index contributed by atoms with van der Waals surface area (Å²) < 4.78 is 30.7. The van der Waals surface area contributed by atoms with Gasteiger partial charge in [0, 0.05) is 23.5 Å². The normalized spacial score (nSPS) is 12.2. The van der Waals surface area contributed by atoms with Crippen molar-refractivity contribution in [3.05, 3.63) is 88.7 Å². The first-order valence-corrected chi connectivity index (χ1v) is 13.9. The summed E-state index contributed by atoms with van der Waals surface area (Å²) in [6.07, 6.45) is 2.05. The molecule has 6 nitrogen and oxygen atoms in total. The molecule has 0 radical (unpaired) electrons. The van der Waals surface area contributed by atoms with Crippen LogP contribution in [-0.4, -0.2) is 30.9 Å². The molecule has 9 heteroatoms. The molecule has 0 saturated heterocycles. The summed E-state index contributed by atoms with van der Waals surface area (Å²) in [4.78, 5) is 18.1. The van der Waals surface area contributed by atoms with E-state index in [2.05, 4.69) is 38.7 Å². The van der Waals surface area contributed by atoms with Crippen LogP contribution in [0.4, 0.5) is 5.69 Å². The van der Waals surface area contributed by atoms with Gasteiger partial charge in [-0.05, 0) is 67.3 Å². The van der Waals surface area contributed by atoms with Crippen molar-refractivity contribution >= 4 is 54.9 Å². The Bertz CT molecular complexity index is 1460. The zero-order valence-corrected chi connectivity index (χ0v) is 20.6. The molecule has 33 heavy (non-hydrogen) atoms. The lowest BCUT2D eigenvalue weighted by molar-refractivity contribution is 0.0998. The number of benzene rings is 3. The molecule has 1 aromatic heterocycles. The molecule has 0 aliphatic carbocycles. The van der Waals surface area contributed by atoms with Crippen molar-refractivity contribution in [2.45, 2.75) is 18.4 Å². The molecule has 170 valence electrons. The number of thioether (sulfide) groups is 1. The van der Waals surface area contributed by atoms with Crippen LogP contribution in [0.3, 0.4) is 0 Å². The number of hydrogen-bond acceptors (Lipinski definition) is 5. The zero-order chi connectivity index (χ0) is 23.4. The number of amides is 1. The Labute approximate surface area is 201 Å². The Morgan fingerprint density at radius 1 is 1.06 bits per heavy atom. The highest BCUT2D eigenvalue weighted by Crippen LogP contribution is 2.20. The topological polar surface area (TPSA) is 80.5 Å². The zero-order valence-electron chi connectivity index (χ0n) is 18.2. The van der Waals surface area contributed by atoms with E-state index in [9.17, 15) is 13.2 Å². The van der Waals surface area contributed by atoms with Crippen LogP contribution in [-0.2, 0) is 16.6 Å². The molecule has 0 aliphatic heterocycles. The number of thiazole rings is 1. The van der Waals surface area contributed by atoms with Crippen molar-refractivity contribution in [1.82, 2.24) is 4.57 Å². The van der Waals surface area contributed by atoms with Crippen LogP contribution >= 0.6 is 23.1 Å². The Hall–Kier alpha value is -2.88. The van der Waals surface area contributed by atoms with Gasteiger partial charge in [-0.25, -0.2) is 8.42 Å². The number of carbonyl (C=O) groups is 1. The monoisotopic (exact) mass is 497 g/mol. The Balaban J connectivity index is 1.61. The molecule has 0 spiro atoms. The molecule has 0 aliphatic rings. The van der Waals surface area contributed by atoms with Crippen molar-refractivity contribution in [3.63, 3.8) is 0 Å². The van der Waals surface area contributed by atoms with Gasteiger partial charge in [-0.2, -0.15) is 16.8 Å². The first-order valence-electron chi connectivity index (χ1n) is 10.2. The Morgan fingerprint density at radius 2 is 1.79 bits per heavy atom. The second-order valence-electron chi connectivity index (χ2n) is 7.41. The predicted molar refractivity (Wildman–Crippen MR) is 137 cm³/mol. The lowest BCUT2D eigenvalue weighted by Gasteiger charge is -2.08. The number of fused-ring (bicyclic) bond motifs is 1. The summed E-state index contributed by atoms with van der Waals surface area (Å²) in [5, 5.41) is 0. The third-order valence-corrected chi connectivity index (χ3v) is 8.02. The van der Waals surface area contributed by atoms with Gasteiger partial charge in [0.25, 0.3) is 15.9 Å². The van der Waals surface area contributed by atoms with Gasteiger partial charge >= 0.3 is 0 Å². The van der Waals surface area contributed by atoms with Crippen molar-refractivity contribution in [2.24, 2.45) is 4.99 Å². The fourth-order valence-corrected chi connectivity index (χ4v) is 5.91. The quantitative estimate of drug-likeness (QED) is 0.393. The van der Waals surface area contributed by atoms with Gasteiger partial charge in [0.15, 0.2) is 4.80 Å². The second-order valence-corrected chi connectivity index (χ2v) is 11.1.